The molecule has 112 valence electrons. The van der Waals surface area contributed by atoms with E-state index in [1.54, 1.807) is 0 Å². The smallest absolute Gasteiger partial charge is 0.325 e. The molecule has 3 N–H and O–H groups in total. The van der Waals surface area contributed by atoms with Crippen molar-refractivity contribution in [1.29, 1.82) is 0 Å². The van der Waals surface area contributed by atoms with Gasteiger partial charge in [-0.2, -0.15) is 13.2 Å². The molecule has 0 fully saturated rings. The summed E-state index contributed by atoms with van der Waals surface area (Å²) in [6.45, 7) is 5.09. The highest BCUT2D eigenvalue weighted by atomic mass is 19.4. The number of hydrogen-bond acceptors (Lipinski definition) is 2. The standard InChI is InChI=1S/C14H19F3N2O/c1-4-8(2)12(18)13(20)19-10-6-5-9(3)11(7-10)14(15,16)17/h5-8,12H,4,18H2,1-3H3,(H,19,20)/t8-,12-/m0/s1. The zero-order valence-electron chi connectivity index (χ0n) is 11.7. The van der Waals surface area contributed by atoms with Gasteiger partial charge in [-0.15, -0.1) is 0 Å². The van der Waals surface area contributed by atoms with Gasteiger partial charge in [0.15, 0.2) is 0 Å². The minimum Gasteiger partial charge on any atom is -0.325 e. The van der Waals surface area contributed by atoms with Gasteiger partial charge in [0.25, 0.3) is 0 Å². The Labute approximate surface area is 116 Å². The summed E-state index contributed by atoms with van der Waals surface area (Å²) in [5.74, 6) is -0.515. The predicted molar refractivity (Wildman–Crippen MR) is 72.2 cm³/mol. The Morgan fingerprint density at radius 2 is 2.00 bits per heavy atom. The molecule has 20 heavy (non-hydrogen) atoms. The Morgan fingerprint density at radius 1 is 1.40 bits per heavy atom. The van der Waals surface area contributed by atoms with Crippen LogP contribution >= 0.6 is 0 Å². The summed E-state index contributed by atoms with van der Waals surface area (Å²) < 4.78 is 38.3. The number of rotatable bonds is 4. The fourth-order valence-electron chi connectivity index (χ4n) is 1.74. The molecule has 0 aliphatic rings. The second-order valence-electron chi connectivity index (χ2n) is 4.93. The van der Waals surface area contributed by atoms with Gasteiger partial charge in [-0.05, 0) is 30.5 Å². The van der Waals surface area contributed by atoms with Crippen molar-refractivity contribution in [2.45, 2.75) is 39.4 Å². The number of carbonyl (C=O) groups is 1. The molecular formula is C14H19F3N2O. The molecule has 0 spiro atoms. The first-order chi connectivity index (χ1) is 9.16. The van der Waals surface area contributed by atoms with Crippen LogP contribution in [0.2, 0.25) is 0 Å². The monoisotopic (exact) mass is 288 g/mol. The van der Waals surface area contributed by atoms with Crippen LogP contribution < -0.4 is 11.1 Å². The van der Waals surface area contributed by atoms with Gasteiger partial charge in [0.1, 0.15) is 0 Å². The van der Waals surface area contributed by atoms with Crippen molar-refractivity contribution in [3.8, 4) is 0 Å². The summed E-state index contributed by atoms with van der Waals surface area (Å²) in [5, 5.41) is 2.43. The van der Waals surface area contributed by atoms with E-state index in [9.17, 15) is 18.0 Å². The Hall–Kier alpha value is -1.56. The van der Waals surface area contributed by atoms with E-state index in [0.717, 1.165) is 12.5 Å². The summed E-state index contributed by atoms with van der Waals surface area (Å²) in [7, 11) is 0. The molecule has 0 radical (unpaired) electrons. The number of amides is 1. The van der Waals surface area contributed by atoms with E-state index < -0.39 is 23.7 Å². The molecule has 1 rings (SSSR count). The average Bonchev–Trinajstić information content (AvgIpc) is 2.37. The van der Waals surface area contributed by atoms with Crippen LogP contribution in [0.25, 0.3) is 0 Å². The van der Waals surface area contributed by atoms with E-state index >= 15 is 0 Å². The number of alkyl halides is 3. The molecule has 6 heteroatoms. The Balaban J connectivity index is 2.92. The third-order valence-corrected chi connectivity index (χ3v) is 3.37. The maximum absolute atomic E-state index is 12.8. The highest BCUT2D eigenvalue weighted by Gasteiger charge is 2.32. The predicted octanol–water partition coefficient (Wildman–Crippen LogP) is 3.33. The number of carbonyl (C=O) groups excluding carboxylic acids is 1. The number of benzene rings is 1. The maximum Gasteiger partial charge on any atom is 0.416 e. The minimum atomic E-state index is -4.44. The summed E-state index contributed by atoms with van der Waals surface area (Å²) in [6, 6.07) is 2.95. The van der Waals surface area contributed by atoms with Gasteiger partial charge in [-0.1, -0.05) is 26.3 Å². The molecule has 0 saturated carbocycles. The fourth-order valence-corrected chi connectivity index (χ4v) is 1.74. The van der Waals surface area contributed by atoms with E-state index in [4.69, 9.17) is 5.73 Å². The largest absolute Gasteiger partial charge is 0.416 e. The van der Waals surface area contributed by atoms with Crippen molar-refractivity contribution in [3.05, 3.63) is 29.3 Å². The van der Waals surface area contributed by atoms with Crippen LogP contribution in [0.5, 0.6) is 0 Å². The van der Waals surface area contributed by atoms with Crippen molar-refractivity contribution < 1.29 is 18.0 Å². The Morgan fingerprint density at radius 3 is 2.50 bits per heavy atom. The SMILES string of the molecule is CC[C@H](C)[C@H](N)C(=O)Nc1ccc(C)c(C(F)(F)F)c1. The second-order valence-corrected chi connectivity index (χ2v) is 4.93. The molecule has 1 aromatic rings. The molecular weight excluding hydrogens is 269 g/mol. The van der Waals surface area contributed by atoms with E-state index in [1.807, 2.05) is 13.8 Å². The van der Waals surface area contributed by atoms with Crippen molar-refractivity contribution in [2.24, 2.45) is 11.7 Å². The number of hydrogen-bond donors (Lipinski definition) is 2. The molecule has 0 aliphatic heterocycles. The first-order valence-corrected chi connectivity index (χ1v) is 6.41. The van der Waals surface area contributed by atoms with E-state index in [1.165, 1.54) is 19.1 Å². The van der Waals surface area contributed by atoms with Gasteiger partial charge in [0, 0.05) is 5.69 Å². The van der Waals surface area contributed by atoms with Gasteiger partial charge in [-0.25, -0.2) is 0 Å². The number of aryl methyl sites for hydroxylation is 1. The van der Waals surface area contributed by atoms with Gasteiger partial charge >= 0.3 is 6.18 Å². The van der Waals surface area contributed by atoms with E-state index in [2.05, 4.69) is 5.32 Å². The third-order valence-electron chi connectivity index (χ3n) is 3.37. The summed E-state index contributed by atoms with van der Waals surface area (Å²) in [5.41, 5.74) is 5.20. The van der Waals surface area contributed by atoms with Crippen LogP contribution in [0, 0.1) is 12.8 Å². The Kier molecular flexibility index (Phi) is 5.16. The van der Waals surface area contributed by atoms with Crippen LogP contribution in [0.4, 0.5) is 18.9 Å². The van der Waals surface area contributed by atoms with Crippen LogP contribution in [-0.4, -0.2) is 11.9 Å². The molecule has 0 aliphatic carbocycles. The molecule has 2 atom stereocenters. The molecule has 0 saturated heterocycles. The summed E-state index contributed by atoms with van der Waals surface area (Å²) >= 11 is 0. The highest BCUT2D eigenvalue weighted by molar-refractivity contribution is 5.95. The summed E-state index contributed by atoms with van der Waals surface area (Å²) in [4.78, 5) is 11.8. The maximum atomic E-state index is 12.8. The van der Waals surface area contributed by atoms with Gasteiger partial charge in [0.05, 0.1) is 11.6 Å². The third kappa shape index (κ3) is 3.96. The van der Waals surface area contributed by atoms with Crippen molar-refractivity contribution in [3.63, 3.8) is 0 Å². The second kappa shape index (κ2) is 6.26. The highest BCUT2D eigenvalue weighted by Crippen LogP contribution is 2.33. The molecule has 0 bridgehead atoms. The first-order valence-electron chi connectivity index (χ1n) is 6.41. The number of halogens is 3. The fraction of sp³-hybridized carbons (Fsp3) is 0.500. The van der Waals surface area contributed by atoms with Gasteiger partial charge < -0.3 is 11.1 Å². The van der Waals surface area contributed by atoms with Crippen molar-refractivity contribution in [2.75, 3.05) is 5.32 Å². The molecule has 1 amide bonds. The topological polar surface area (TPSA) is 55.1 Å². The van der Waals surface area contributed by atoms with Crippen molar-refractivity contribution >= 4 is 11.6 Å². The Bertz CT molecular complexity index is 486. The minimum absolute atomic E-state index is 0.0393. The lowest BCUT2D eigenvalue weighted by Gasteiger charge is -2.18. The molecule has 1 aromatic carbocycles. The van der Waals surface area contributed by atoms with Crippen LogP contribution in [0.15, 0.2) is 18.2 Å². The number of nitrogens with one attached hydrogen (secondary N) is 1. The van der Waals surface area contributed by atoms with Crippen molar-refractivity contribution in [1.82, 2.24) is 0 Å². The molecule has 3 nitrogen and oxygen atoms in total. The zero-order valence-corrected chi connectivity index (χ0v) is 11.7. The summed E-state index contributed by atoms with van der Waals surface area (Å²) in [6.07, 6.45) is -3.72. The van der Waals surface area contributed by atoms with E-state index in [0.29, 0.717) is 0 Å². The molecule has 0 heterocycles. The molecule has 0 unspecified atom stereocenters. The van der Waals surface area contributed by atoms with Crippen LogP contribution in [0.1, 0.15) is 31.4 Å². The lowest BCUT2D eigenvalue weighted by molar-refractivity contribution is -0.138. The number of anilines is 1. The van der Waals surface area contributed by atoms with Gasteiger partial charge in [0.2, 0.25) is 5.91 Å². The number of nitrogens with two attached hydrogens (primary N) is 1. The lowest BCUT2D eigenvalue weighted by Crippen LogP contribution is -2.40. The average molecular weight is 288 g/mol. The van der Waals surface area contributed by atoms with Crippen LogP contribution in [0.3, 0.4) is 0 Å². The lowest BCUT2D eigenvalue weighted by atomic mass is 9.99. The molecule has 0 aromatic heterocycles. The van der Waals surface area contributed by atoms with Crippen LogP contribution in [-0.2, 0) is 11.0 Å². The zero-order chi connectivity index (χ0) is 15.5. The van der Waals surface area contributed by atoms with E-state index in [-0.39, 0.29) is 17.2 Å². The first kappa shape index (κ1) is 16.5. The normalized spacial score (nSPS) is 14.8. The quantitative estimate of drug-likeness (QED) is 0.893. The van der Waals surface area contributed by atoms with Gasteiger partial charge in [-0.3, -0.25) is 4.79 Å².